The zero-order valence-electron chi connectivity index (χ0n) is 12.9. The number of carbonyl (C=O) groups is 1. The van der Waals surface area contributed by atoms with Crippen molar-refractivity contribution in [1.29, 1.82) is 0 Å². The maximum Gasteiger partial charge on any atom is 0.330 e. The lowest BCUT2D eigenvalue weighted by molar-refractivity contribution is -0.137. The van der Waals surface area contributed by atoms with Crippen LogP contribution in [0.5, 0.6) is 5.75 Å². The van der Waals surface area contributed by atoms with E-state index in [1.165, 1.54) is 6.08 Å². The van der Waals surface area contributed by atoms with Crippen molar-refractivity contribution < 1.29 is 14.3 Å². The molecule has 0 radical (unpaired) electrons. The summed E-state index contributed by atoms with van der Waals surface area (Å²) in [5.41, 5.74) is 1.62. The molecule has 0 unspecified atom stereocenters. The number of halogens is 3. The zero-order chi connectivity index (χ0) is 17.5. The molecule has 126 valence electrons. The van der Waals surface area contributed by atoms with Gasteiger partial charge in [0.05, 0.1) is 16.1 Å². The van der Waals surface area contributed by atoms with Crippen LogP contribution >= 0.6 is 39.1 Å². The van der Waals surface area contributed by atoms with Gasteiger partial charge >= 0.3 is 5.97 Å². The molecule has 0 fully saturated rings. The Kier molecular flexibility index (Phi) is 7.16. The predicted molar refractivity (Wildman–Crippen MR) is 101 cm³/mol. The Bertz CT molecular complexity index is 737. The number of hydrogen-bond acceptors (Lipinski definition) is 3. The van der Waals surface area contributed by atoms with E-state index in [9.17, 15) is 4.79 Å². The van der Waals surface area contributed by atoms with Gasteiger partial charge in [-0.05, 0) is 52.7 Å². The second kappa shape index (κ2) is 9.11. The van der Waals surface area contributed by atoms with Crippen LogP contribution in [0.3, 0.4) is 0 Å². The summed E-state index contributed by atoms with van der Waals surface area (Å²) < 4.78 is 11.3. The van der Waals surface area contributed by atoms with Crippen LogP contribution in [0.25, 0.3) is 6.08 Å². The van der Waals surface area contributed by atoms with Gasteiger partial charge in [-0.3, -0.25) is 0 Å². The Morgan fingerprint density at radius 3 is 2.62 bits per heavy atom. The second-order valence-electron chi connectivity index (χ2n) is 4.78. The lowest BCUT2D eigenvalue weighted by Gasteiger charge is -2.12. The fourth-order valence-corrected chi connectivity index (χ4v) is 3.11. The van der Waals surface area contributed by atoms with Gasteiger partial charge in [0.25, 0.3) is 0 Å². The van der Waals surface area contributed by atoms with E-state index >= 15 is 0 Å². The van der Waals surface area contributed by atoms with Gasteiger partial charge in [0.15, 0.2) is 5.75 Å². The number of hydrogen-bond donors (Lipinski definition) is 0. The summed E-state index contributed by atoms with van der Waals surface area (Å²) in [4.78, 5) is 11.4. The Morgan fingerprint density at radius 1 is 1.21 bits per heavy atom. The van der Waals surface area contributed by atoms with Crippen molar-refractivity contribution in [3.8, 4) is 5.75 Å². The highest BCUT2D eigenvalue weighted by atomic mass is 79.9. The van der Waals surface area contributed by atoms with E-state index in [1.807, 2.05) is 24.3 Å². The Hall–Kier alpha value is -1.49. The van der Waals surface area contributed by atoms with Gasteiger partial charge in [0.1, 0.15) is 6.61 Å². The molecule has 0 aromatic heterocycles. The van der Waals surface area contributed by atoms with Gasteiger partial charge in [-0.15, -0.1) is 0 Å². The first-order chi connectivity index (χ1) is 11.5. The van der Waals surface area contributed by atoms with Crippen LogP contribution < -0.4 is 4.74 Å². The summed E-state index contributed by atoms with van der Waals surface area (Å²) in [6.45, 7) is 2.39. The topological polar surface area (TPSA) is 35.5 Å². The maximum absolute atomic E-state index is 11.4. The van der Waals surface area contributed by atoms with Crippen LogP contribution in [-0.2, 0) is 16.1 Å². The summed E-state index contributed by atoms with van der Waals surface area (Å²) >= 11 is 15.8. The molecule has 0 atom stereocenters. The van der Waals surface area contributed by atoms with Crippen LogP contribution in [-0.4, -0.2) is 12.6 Å². The molecule has 0 heterocycles. The minimum Gasteiger partial charge on any atom is -0.486 e. The molecular weight excluding hydrogens is 415 g/mol. The molecule has 0 saturated heterocycles. The third-order valence-corrected chi connectivity index (χ3v) is 4.29. The number of rotatable bonds is 6. The first-order valence-corrected chi connectivity index (χ1v) is 8.76. The van der Waals surface area contributed by atoms with E-state index in [2.05, 4.69) is 15.9 Å². The molecule has 0 saturated carbocycles. The van der Waals surface area contributed by atoms with Gasteiger partial charge in [-0.25, -0.2) is 4.79 Å². The highest BCUT2D eigenvalue weighted by molar-refractivity contribution is 9.10. The average molecular weight is 430 g/mol. The quantitative estimate of drug-likeness (QED) is 0.422. The SMILES string of the molecule is CCOC(=O)/C=C/c1cc(Cl)c(OCc2ccccc2Cl)c(Br)c1. The van der Waals surface area contributed by atoms with Crippen molar-refractivity contribution in [2.24, 2.45) is 0 Å². The largest absolute Gasteiger partial charge is 0.486 e. The van der Waals surface area contributed by atoms with Crippen LogP contribution in [0.15, 0.2) is 46.9 Å². The van der Waals surface area contributed by atoms with Crippen molar-refractivity contribution in [2.75, 3.05) is 6.61 Å². The highest BCUT2D eigenvalue weighted by Gasteiger charge is 2.10. The minimum absolute atomic E-state index is 0.302. The van der Waals surface area contributed by atoms with Crippen LogP contribution in [0.4, 0.5) is 0 Å². The number of benzene rings is 2. The third-order valence-electron chi connectivity index (χ3n) is 3.05. The third kappa shape index (κ3) is 5.26. The standard InChI is InChI=1S/C18H15BrCl2O3/c1-2-23-17(22)8-7-12-9-14(19)18(16(21)10-12)24-11-13-5-3-4-6-15(13)20/h3-10H,2,11H2,1H3/b8-7+. The lowest BCUT2D eigenvalue weighted by atomic mass is 10.2. The van der Waals surface area contributed by atoms with E-state index in [0.717, 1.165) is 11.1 Å². The van der Waals surface area contributed by atoms with Crippen LogP contribution in [0.1, 0.15) is 18.1 Å². The molecule has 0 amide bonds. The summed E-state index contributed by atoms with van der Waals surface area (Å²) in [5, 5.41) is 1.07. The summed E-state index contributed by atoms with van der Waals surface area (Å²) in [7, 11) is 0. The molecule has 0 spiro atoms. The van der Waals surface area contributed by atoms with E-state index in [0.29, 0.717) is 33.5 Å². The fourth-order valence-electron chi connectivity index (χ4n) is 1.93. The van der Waals surface area contributed by atoms with Gasteiger partial charge in [0, 0.05) is 16.7 Å². The normalized spacial score (nSPS) is 10.8. The number of ether oxygens (including phenoxy) is 2. The van der Waals surface area contributed by atoms with E-state index < -0.39 is 5.97 Å². The molecule has 6 heteroatoms. The molecule has 0 aliphatic heterocycles. The highest BCUT2D eigenvalue weighted by Crippen LogP contribution is 2.35. The van der Waals surface area contributed by atoms with Crippen molar-refractivity contribution in [3.05, 3.63) is 68.1 Å². The molecule has 0 aliphatic carbocycles. The summed E-state index contributed by atoms with van der Waals surface area (Å²) in [6, 6.07) is 11.0. The molecule has 2 aromatic rings. The molecular formula is C18H15BrCl2O3. The summed E-state index contributed by atoms with van der Waals surface area (Å²) in [5.74, 6) is 0.119. The maximum atomic E-state index is 11.4. The minimum atomic E-state index is -0.399. The Labute approximate surface area is 159 Å². The lowest BCUT2D eigenvalue weighted by Crippen LogP contribution is -1.99. The Balaban J connectivity index is 2.12. The van der Waals surface area contributed by atoms with E-state index in [-0.39, 0.29) is 0 Å². The average Bonchev–Trinajstić information content (AvgIpc) is 2.54. The van der Waals surface area contributed by atoms with Gasteiger partial charge < -0.3 is 9.47 Å². The molecule has 0 aliphatic rings. The van der Waals surface area contributed by atoms with E-state index in [4.69, 9.17) is 32.7 Å². The van der Waals surface area contributed by atoms with Gasteiger partial charge in [-0.2, -0.15) is 0 Å². The smallest absolute Gasteiger partial charge is 0.330 e. The molecule has 24 heavy (non-hydrogen) atoms. The van der Waals surface area contributed by atoms with Crippen LogP contribution in [0.2, 0.25) is 10.0 Å². The number of carbonyl (C=O) groups excluding carboxylic acids is 1. The molecule has 2 aromatic carbocycles. The monoisotopic (exact) mass is 428 g/mol. The van der Waals surface area contributed by atoms with Crippen LogP contribution in [0, 0.1) is 0 Å². The first-order valence-electron chi connectivity index (χ1n) is 7.21. The van der Waals surface area contributed by atoms with E-state index in [1.54, 1.807) is 25.1 Å². The molecule has 3 nitrogen and oxygen atoms in total. The number of esters is 1. The predicted octanol–water partition coefficient (Wildman–Crippen LogP) is 5.91. The molecule has 0 bridgehead atoms. The summed E-state index contributed by atoms with van der Waals surface area (Å²) in [6.07, 6.45) is 2.98. The van der Waals surface area contributed by atoms with Gasteiger partial charge in [-0.1, -0.05) is 41.4 Å². The molecule has 2 rings (SSSR count). The van der Waals surface area contributed by atoms with Crippen molar-refractivity contribution >= 4 is 51.2 Å². The molecule has 0 N–H and O–H groups in total. The van der Waals surface area contributed by atoms with Gasteiger partial charge in [0.2, 0.25) is 0 Å². The fraction of sp³-hybridized carbons (Fsp3) is 0.167. The zero-order valence-corrected chi connectivity index (χ0v) is 16.0. The Morgan fingerprint density at radius 2 is 1.96 bits per heavy atom. The van der Waals surface area contributed by atoms with Crippen molar-refractivity contribution in [2.45, 2.75) is 13.5 Å². The van der Waals surface area contributed by atoms with Crippen molar-refractivity contribution in [3.63, 3.8) is 0 Å². The second-order valence-corrected chi connectivity index (χ2v) is 6.45. The first kappa shape index (κ1) is 18.8. The van der Waals surface area contributed by atoms with Crippen molar-refractivity contribution in [1.82, 2.24) is 0 Å².